The number of hydrogen-bond acceptors (Lipinski definition) is 3. The van der Waals surface area contributed by atoms with Gasteiger partial charge >= 0.3 is 0 Å². The first-order valence-electron chi connectivity index (χ1n) is 11.1. The first-order valence-corrected chi connectivity index (χ1v) is 11.5. The molecule has 0 aliphatic carbocycles. The third-order valence-corrected chi connectivity index (χ3v) is 6.55. The van der Waals surface area contributed by atoms with Crippen molar-refractivity contribution in [2.75, 3.05) is 6.54 Å². The summed E-state index contributed by atoms with van der Waals surface area (Å²) < 4.78 is 0. The zero-order chi connectivity index (χ0) is 23.6. The summed E-state index contributed by atoms with van der Waals surface area (Å²) in [5.74, 6) is -0.0379. The van der Waals surface area contributed by atoms with Gasteiger partial charge in [-0.05, 0) is 75.9 Å². The van der Waals surface area contributed by atoms with Crippen LogP contribution in [0.4, 0.5) is 0 Å². The van der Waals surface area contributed by atoms with E-state index in [4.69, 9.17) is 11.6 Å². The summed E-state index contributed by atoms with van der Waals surface area (Å²) in [5.41, 5.74) is 3.74. The fourth-order valence-electron chi connectivity index (χ4n) is 4.71. The molecule has 0 radical (unpaired) electrons. The second kappa shape index (κ2) is 9.75. The predicted molar refractivity (Wildman–Crippen MR) is 127 cm³/mol. The highest BCUT2D eigenvalue weighted by Crippen LogP contribution is 2.33. The molecule has 0 saturated carbocycles. The summed E-state index contributed by atoms with van der Waals surface area (Å²) in [5, 5.41) is 9.81. The molecule has 1 atom stereocenters. The molecular weight excluding hydrogens is 422 g/mol. The van der Waals surface area contributed by atoms with Crippen LogP contribution in [0.25, 0.3) is 0 Å². The Bertz CT molecular complexity index is 1060. The summed E-state index contributed by atoms with van der Waals surface area (Å²) in [6.07, 6.45) is 0.695. The van der Waals surface area contributed by atoms with Crippen LogP contribution in [0.15, 0.2) is 36.4 Å². The van der Waals surface area contributed by atoms with E-state index in [1.165, 1.54) is 0 Å². The number of benzene rings is 2. The molecule has 1 aliphatic heterocycles. The lowest BCUT2D eigenvalue weighted by molar-refractivity contribution is -0.133. The minimum atomic E-state index is -0.168. The molecule has 3 rings (SSSR count). The number of carbonyl (C=O) groups is 2. The number of fused-ring (bicyclic) bond motifs is 1. The summed E-state index contributed by atoms with van der Waals surface area (Å²) in [6.45, 7) is 10.6. The number of hydrogen-bond donors (Lipinski definition) is 0. The quantitative estimate of drug-likeness (QED) is 0.630. The van der Waals surface area contributed by atoms with E-state index in [1.807, 2.05) is 62.6 Å². The predicted octanol–water partition coefficient (Wildman–Crippen LogP) is 5.16. The van der Waals surface area contributed by atoms with E-state index in [2.05, 4.69) is 6.07 Å². The van der Waals surface area contributed by atoms with E-state index in [0.717, 1.165) is 16.7 Å². The van der Waals surface area contributed by atoms with Crippen molar-refractivity contribution < 1.29 is 9.59 Å². The molecule has 0 N–H and O–H groups in total. The van der Waals surface area contributed by atoms with E-state index in [9.17, 15) is 14.9 Å². The van der Waals surface area contributed by atoms with Crippen molar-refractivity contribution in [3.63, 3.8) is 0 Å². The fraction of sp³-hybridized carbons (Fsp3) is 0.423. The van der Waals surface area contributed by atoms with Gasteiger partial charge in [0.25, 0.3) is 5.91 Å². The second-order valence-corrected chi connectivity index (χ2v) is 9.25. The van der Waals surface area contributed by atoms with Crippen molar-refractivity contribution in [2.45, 2.75) is 65.6 Å². The molecule has 32 heavy (non-hydrogen) atoms. The van der Waals surface area contributed by atoms with Crippen LogP contribution < -0.4 is 0 Å². The van der Waals surface area contributed by atoms with Gasteiger partial charge in [-0.15, -0.1) is 0 Å². The van der Waals surface area contributed by atoms with E-state index in [-0.39, 0.29) is 36.4 Å². The maximum Gasteiger partial charge on any atom is 0.254 e. The Morgan fingerprint density at radius 3 is 2.44 bits per heavy atom. The largest absolute Gasteiger partial charge is 0.335 e. The lowest BCUT2D eigenvalue weighted by atomic mass is 9.88. The molecule has 0 aromatic heterocycles. The van der Waals surface area contributed by atoms with Gasteiger partial charge in [-0.3, -0.25) is 9.59 Å². The number of rotatable bonds is 5. The molecule has 168 valence electrons. The van der Waals surface area contributed by atoms with Crippen LogP contribution in [0, 0.1) is 11.3 Å². The van der Waals surface area contributed by atoms with Crippen LogP contribution in [0.5, 0.6) is 0 Å². The van der Waals surface area contributed by atoms with Crippen molar-refractivity contribution in [1.82, 2.24) is 9.80 Å². The fourth-order valence-corrected chi connectivity index (χ4v) is 4.95. The lowest BCUT2D eigenvalue weighted by Gasteiger charge is -2.37. The van der Waals surface area contributed by atoms with Crippen molar-refractivity contribution in [3.8, 4) is 6.07 Å². The van der Waals surface area contributed by atoms with Crippen LogP contribution in [-0.2, 0) is 17.6 Å². The van der Waals surface area contributed by atoms with Gasteiger partial charge in [-0.2, -0.15) is 5.26 Å². The van der Waals surface area contributed by atoms with Gasteiger partial charge in [-0.1, -0.05) is 29.8 Å². The summed E-state index contributed by atoms with van der Waals surface area (Å²) in [6, 6.07) is 13.0. The molecular formula is C26H30ClN3O2. The Balaban J connectivity index is 1.89. The summed E-state index contributed by atoms with van der Waals surface area (Å²) in [4.78, 5) is 30.3. The van der Waals surface area contributed by atoms with Gasteiger partial charge in [-0.25, -0.2) is 0 Å². The van der Waals surface area contributed by atoms with E-state index < -0.39 is 0 Å². The summed E-state index contributed by atoms with van der Waals surface area (Å²) in [7, 11) is 0. The topological polar surface area (TPSA) is 64.4 Å². The molecule has 0 bridgehead atoms. The minimum Gasteiger partial charge on any atom is -0.335 e. The highest BCUT2D eigenvalue weighted by Gasteiger charge is 2.32. The number of halogens is 1. The Morgan fingerprint density at radius 1 is 1.16 bits per heavy atom. The van der Waals surface area contributed by atoms with E-state index in [1.54, 1.807) is 18.2 Å². The molecule has 2 amide bonds. The molecule has 2 aromatic carbocycles. The van der Waals surface area contributed by atoms with Gasteiger partial charge in [0.05, 0.1) is 24.1 Å². The van der Waals surface area contributed by atoms with Crippen molar-refractivity contribution in [1.29, 1.82) is 5.26 Å². The first-order chi connectivity index (χ1) is 15.2. The highest BCUT2D eigenvalue weighted by molar-refractivity contribution is 6.31. The van der Waals surface area contributed by atoms with Gasteiger partial charge in [0.1, 0.15) is 0 Å². The SMILES string of the molecule is CC(C)N(C(=O)c1cccc2c1CCN(C(=O)Cc1c(Cl)cccc1C#N)[C@H]2C)C(C)C. The second-order valence-electron chi connectivity index (χ2n) is 8.84. The van der Waals surface area contributed by atoms with Crippen LogP contribution >= 0.6 is 11.6 Å². The van der Waals surface area contributed by atoms with Crippen LogP contribution in [0.3, 0.4) is 0 Å². The maximum atomic E-state index is 13.4. The van der Waals surface area contributed by atoms with Gasteiger partial charge < -0.3 is 9.80 Å². The Labute approximate surface area is 195 Å². The van der Waals surface area contributed by atoms with E-state index >= 15 is 0 Å². The molecule has 5 nitrogen and oxygen atoms in total. The molecule has 1 heterocycles. The smallest absolute Gasteiger partial charge is 0.254 e. The zero-order valence-electron chi connectivity index (χ0n) is 19.4. The lowest BCUT2D eigenvalue weighted by Crippen LogP contribution is -2.44. The van der Waals surface area contributed by atoms with E-state index in [0.29, 0.717) is 29.1 Å². The van der Waals surface area contributed by atoms with Gasteiger partial charge in [0.2, 0.25) is 5.91 Å². The van der Waals surface area contributed by atoms with Crippen LogP contribution in [0.1, 0.15) is 73.3 Å². The number of nitriles is 1. The number of nitrogens with zero attached hydrogens (tertiary/aromatic N) is 3. The van der Waals surface area contributed by atoms with Crippen LogP contribution in [0.2, 0.25) is 5.02 Å². The van der Waals surface area contributed by atoms with Crippen molar-refractivity contribution in [3.05, 3.63) is 69.2 Å². The van der Waals surface area contributed by atoms with Crippen molar-refractivity contribution >= 4 is 23.4 Å². The van der Waals surface area contributed by atoms with Crippen molar-refractivity contribution in [2.24, 2.45) is 0 Å². The Morgan fingerprint density at radius 2 is 1.81 bits per heavy atom. The first kappa shape index (κ1) is 23.8. The zero-order valence-corrected chi connectivity index (χ0v) is 20.1. The molecule has 0 unspecified atom stereocenters. The summed E-state index contributed by atoms with van der Waals surface area (Å²) >= 11 is 6.28. The Hall–Kier alpha value is -2.84. The molecule has 1 aliphatic rings. The normalized spacial score (nSPS) is 15.5. The molecule has 6 heteroatoms. The van der Waals surface area contributed by atoms with Gasteiger partial charge in [0, 0.05) is 29.2 Å². The molecule has 2 aromatic rings. The maximum absolute atomic E-state index is 13.4. The average Bonchev–Trinajstić information content (AvgIpc) is 2.74. The Kier molecular flexibility index (Phi) is 7.26. The monoisotopic (exact) mass is 451 g/mol. The minimum absolute atomic E-state index is 0.0357. The molecule has 0 saturated heterocycles. The van der Waals surface area contributed by atoms with Crippen LogP contribution in [-0.4, -0.2) is 40.2 Å². The molecule has 0 fully saturated rings. The number of amides is 2. The number of carbonyl (C=O) groups excluding carboxylic acids is 2. The third kappa shape index (κ3) is 4.52. The molecule has 0 spiro atoms. The third-order valence-electron chi connectivity index (χ3n) is 6.20. The average molecular weight is 452 g/mol. The van der Waals surface area contributed by atoms with Gasteiger partial charge in [0.15, 0.2) is 0 Å². The highest BCUT2D eigenvalue weighted by atomic mass is 35.5. The standard InChI is InChI=1S/C26H30ClN3O2/c1-16(2)30(17(3)4)26(32)22-10-7-9-20-18(5)29(13-12-21(20)22)25(31)14-23-19(15-28)8-6-11-24(23)27/h6-11,16-18H,12-14H2,1-5H3/t18-/m0/s1.